The Hall–Kier alpha value is -3.57. The van der Waals surface area contributed by atoms with Crippen molar-refractivity contribution in [2.45, 2.75) is 31.3 Å². The summed E-state index contributed by atoms with van der Waals surface area (Å²) in [6, 6.07) is 6.30. The Morgan fingerprint density at radius 3 is 2.81 bits per heavy atom. The van der Waals surface area contributed by atoms with Crippen LogP contribution in [0.5, 0.6) is 5.75 Å². The highest BCUT2D eigenvalue weighted by molar-refractivity contribution is 5.97. The maximum Gasteiger partial charge on any atom is 0.270 e. The summed E-state index contributed by atoms with van der Waals surface area (Å²) in [5.74, 6) is -0.429. The molecule has 6 rings (SSSR count). The number of halogens is 2. The minimum absolute atomic E-state index is 0. The average molecular weight is 515 g/mol. The zero-order chi connectivity index (χ0) is 24.1. The smallest absolute Gasteiger partial charge is 0.270 e. The summed E-state index contributed by atoms with van der Waals surface area (Å²) in [7, 11) is 0. The van der Waals surface area contributed by atoms with E-state index in [1.165, 1.54) is 12.3 Å². The van der Waals surface area contributed by atoms with E-state index >= 15 is 0 Å². The highest BCUT2D eigenvalue weighted by Gasteiger charge is 2.32. The Bertz CT molecular complexity index is 1420. The predicted molar refractivity (Wildman–Crippen MR) is 131 cm³/mol. The zero-order valence-electron chi connectivity index (χ0n) is 19.2. The number of aromatic nitrogens is 3. The molecular weight excluding hydrogens is 491 g/mol. The minimum atomic E-state index is -0.374. The van der Waals surface area contributed by atoms with Gasteiger partial charge in [-0.2, -0.15) is 0 Å². The van der Waals surface area contributed by atoms with Gasteiger partial charge in [0.25, 0.3) is 17.4 Å². The standard InChI is InChI=1S/C24H23FN6O4.ClH/c25-15-9-26-16-2-4-20(33)31-11-13(21(15)22(16)31)10-30-7-5-14(6-8-30)27-24(34)17-1-3-18-23(28-17)29-19(32)12-35-18;/h1-4,9,13-14H,5-8,10-12H2,(H,27,34)(H,28,29,32);1H. The monoisotopic (exact) mass is 514 g/mol. The molecule has 10 nitrogen and oxygen atoms in total. The predicted octanol–water partition coefficient (Wildman–Crippen LogP) is 1.67. The molecule has 1 atom stereocenters. The van der Waals surface area contributed by atoms with E-state index in [-0.39, 0.29) is 65.7 Å². The molecule has 3 aliphatic rings. The normalized spacial score (nSPS) is 19.2. The minimum Gasteiger partial charge on any atom is -0.480 e. The highest BCUT2D eigenvalue weighted by Crippen LogP contribution is 2.34. The number of rotatable bonds is 4. The first kappa shape index (κ1) is 24.1. The van der Waals surface area contributed by atoms with Gasteiger partial charge in [0.15, 0.2) is 18.2 Å². The lowest BCUT2D eigenvalue weighted by molar-refractivity contribution is -0.118. The number of hydrogen-bond donors (Lipinski definition) is 2. The summed E-state index contributed by atoms with van der Waals surface area (Å²) in [6.07, 6.45) is 2.72. The maximum atomic E-state index is 14.7. The quantitative estimate of drug-likeness (QED) is 0.543. The molecule has 2 amide bonds. The molecule has 2 N–H and O–H groups in total. The van der Waals surface area contributed by atoms with Crippen molar-refractivity contribution in [3.63, 3.8) is 0 Å². The van der Waals surface area contributed by atoms with E-state index in [9.17, 15) is 18.8 Å². The van der Waals surface area contributed by atoms with Crippen LogP contribution in [-0.2, 0) is 11.3 Å². The van der Waals surface area contributed by atoms with Crippen molar-refractivity contribution in [1.82, 2.24) is 24.8 Å². The molecule has 0 aromatic carbocycles. The summed E-state index contributed by atoms with van der Waals surface area (Å²) >= 11 is 0. The van der Waals surface area contributed by atoms with E-state index in [0.717, 1.165) is 25.9 Å². The van der Waals surface area contributed by atoms with Crippen molar-refractivity contribution in [3.8, 4) is 5.75 Å². The fourth-order valence-corrected chi connectivity index (χ4v) is 5.22. The molecule has 188 valence electrons. The molecule has 0 radical (unpaired) electrons. The van der Waals surface area contributed by atoms with E-state index in [1.54, 1.807) is 22.8 Å². The number of piperidine rings is 1. The van der Waals surface area contributed by atoms with Crippen molar-refractivity contribution in [3.05, 3.63) is 57.9 Å². The Kier molecular flexibility index (Phi) is 6.35. The molecule has 6 heterocycles. The van der Waals surface area contributed by atoms with Gasteiger partial charge in [-0.05, 0) is 31.0 Å². The molecule has 0 aliphatic carbocycles. The molecule has 0 bridgehead atoms. The topological polar surface area (TPSA) is 118 Å². The number of nitrogens with one attached hydrogen (secondary N) is 2. The number of hydrogen-bond acceptors (Lipinski definition) is 7. The molecule has 1 saturated heterocycles. The van der Waals surface area contributed by atoms with Crippen LogP contribution >= 0.6 is 12.4 Å². The van der Waals surface area contributed by atoms with Crippen molar-refractivity contribution >= 4 is 41.1 Å². The number of fused-ring (bicyclic) bond motifs is 1. The summed E-state index contributed by atoms with van der Waals surface area (Å²) < 4.78 is 21.6. The van der Waals surface area contributed by atoms with Gasteiger partial charge in [0.2, 0.25) is 0 Å². The van der Waals surface area contributed by atoms with Crippen molar-refractivity contribution in [2.75, 3.05) is 31.6 Å². The molecule has 12 heteroatoms. The van der Waals surface area contributed by atoms with Crippen LogP contribution < -0.4 is 20.9 Å². The average Bonchev–Trinajstić information content (AvgIpc) is 3.24. The Morgan fingerprint density at radius 1 is 1.19 bits per heavy atom. The van der Waals surface area contributed by atoms with Gasteiger partial charge in [0.05, 0.1) is 17.2 Å². The first-order valence-corrected chi connectivity index (χ1v) is 11.6. The lowest BCUT2D eigenvalue weighted by Gasteiger charge is -2.34. The van der Waals surface area contributed by atoms with Crippen molar-refractivity contribution in [1.29, 1.82) is 0 Å². The van der Waals surface area contributed by atoms with Gasteiger partial charge in [-0.3, -0.25) is 19.4 Å². The van der Waals surface area contributed by atoms with E-state index in [1.807, 2.05) is 0 Å². The number of amides is 2. The van der Waals surface area contributed by atoms with Crippen LogP contribution in [0.25, 0.3) is 11.0 Å². The van der Waals surface area contributed by atoms with Gasteiger partial charge in [0.1, 0.15) is 11.5 Å². The molecule has 0 spiro atoms. The lowest BCUT2D eigenvalue weighted by atomic mass is 9.98. The van der Waals surface area contributed by atoms with E-state index in [0.29, 0.717) is 35.4 Å². The number of likely N-dealkylation sites (tertiary alicyclic amines) is 1. The van der Waals surface area contributed by atoms with Crippen molar-refractivity contribution in [2.24, 2.45) is 0 Å². The van der Waals surface area contributed by atoms with Crippen LogP contribution in [0, 0.1) is 5.82 Å². The second kappa shape index (κ2) is 9.47. The van der Waals surface area contributed by atoms with Crippen LogP contribution in [0.2, 0.25) is 0 Å². The Labute approximate surface area is 211 Å². The molecule has 1 unspecified atom stereocenters. The van der Waals surface area contributed by atoms with E-state index in [4.69, 9.17) is 4.74 Å². The molecule has 36 heavy (non-hydrogen) atoms. The van der Waals surface area contributed by atoms with Crippen molar-refractivity contribution < 1.29 is 18.7 Å². The van der Waals surface area contributed by atoms with Gasteiger partial charge >= 0.3 is 0 Å². The molecule has 0 saturated carbocycles. The lowest BCUT2D eigenvalue weighted by Crippen LogP contribution is -2.46. The second-order valence-electron chi connectivity index (χ2n) is 9.16. The van der Waals surface area contributed by atoms with Gasteiger partial charge in [-0.15, -0.1) is 12.4 Å². The largest absolute Gasteiger partial charge is 0.480 e. The third-order valence-electron chi connectivity index (χ3n) is 6.91. The van der Waals surface area contributed by atoms with E-state index < -0.39 is 0 Å². The summed E-state index contributed by atoms with van der Waals surface area (Å²) in [6.45, 7) is 2.48. The summed E-state index contributed by atoms with van der Waals surface area (Å²) in [5, 5.41) is 5.63. The Morgan fingerprint density at radius 2 is 2.00 bits per heavy atom. The van der Waals surface area contributed by atoms with Crippen LogP contribution in [0.4, 0.5) is 10.2 Å². The fraction of sp³-hybridized carbons (Fsp3) is 0.375. The molecular formula is C24H24ClFN6O4. The van der Waals surface area contributed by atoms with Gasteiger partial charge in [0, 0.05) is 49.8 Å². The Balaban J connectivity index is 0.00000267. The highest BCUT2D eigenvalue weighted by atomic mass is 35.5. The molecule has 3 aromatic rings. The fourth-order valence-electron chi connectivity index (χ4n) is 5.22. The number of anilines is 1. The van der Waals surface area contributed by atoms with Gasteiger partial charge < -0.3 is 24.8 Å². The van der Waals surface area contributed by atoms with Gasteiger partial charge in [-0.1, -0.05) is 0 Å². The van der Waals surface area contributed by atoms with Crippen LogP contribution in [0.1, 0.15) is 34.8 Å². The number of carbonyl (C=O) groups is 2. The summed E-state index contributed by atoms with van der Waals surface area (Å²) in [5.41, 5.74) is 1.87. The maximum absolute atomic E-state index is 14.7. The molecule has 3 aromatic heterocycles. The number of pyridine rings is 3. The zero-order valence-corrected chi connectivity index (χ0v) is 20.0. The van der Waals surface area contributed by atoms with Gasteiger partial charge in [-0.25, -0.2) is 9.37 Å². The van der Waals surface area contributed by atoms with E-state index in [2.05, 4.69) is 25.5 Å². The first-order valence-electron chi connectivity index (χ1n) is 11.6. The molecule has 3 aliphatic heterocycles. The van der Waals surface area contributed by atoms with Crippen LogP contribution in [0.15, 0.2) is 35.3 Å². The summed E-state index contributed by atoms with van der Waals surface area (Å²) in [4.78, 5) is 47.2. The van der Waals surface area contributed by atoms with Crippen LogP contribution in [-0.4, -0.2) is 63.5 Å². The molecule has 1 fully saturated rings. The third kappa shape index (κ3) is 4.28. The third-order valence-corrected chi connectivity index (χ3v) is 6.91. The first-order chi connectivity index (χ1) is 17.0. The number of nitrogens with zero attached hydrogens (tertiary/aromatic N) is 4. The second-order valence-corrected chi connectivity index (χ2v) is 9.16. The SMILES string of the molecule is Cl.O=C1COc2ccc(C(=O)NC3CCN(CC4Cn5c(=O)ccc6ncc(F)c4c65)CC3)nc2N1. The van der Waals surface area contributed by atoms with Crippen LogP contribution in [0.3, 0.4) is 0 Å². The number of ether oxygens (including phenoxy) is 1. The number of carbonyl (C=O) groups excluding carboxylic acids is 2.